The summed E-state index contributed by atoms with van der Waals surface area (Å²) in [4.78, 5) is 11.6. The zero-order valence-electron chi connectivity index (χ0n) is 8.61. The highest BCUT2D eigenvalue weighted by Gasteiger charge is 2.07. The van der Waals surface area contributed by atoms with Crippen LogP contribution in [0.3, 0.4) is 0 Å². The van der Waals surface area contributed by atoms with Gasteiger partial charge in [-0.3, -0.25) is 4.79 Å². The maximum atomic E-state index is 13.3. The van der Waals surface area contributed by atoms with E-state index in [9.17, 15) is 9.18 Å². The molecule has 0 radical (unpaired) electrons. The van der Waals surface area contributed by atoms with Crippen molar-refractivity contribution >= 4 is 0 Å². The highest BCUT2D eigenvalue weighted by Crippen LogP contribution is 2.06. The van der Waals surface area contributed by atoms with Gasteiger partial charge in [-0.2, -0.15) is 0 Å². The summed E-state index contributed by atoms with van der Waals surface area (Å²) in [6, 6.07) is 6.36. The quantitative estimate of drug-likeness (QED) is 0.806. The lowest BCUT2D eigenvalue weighted by Crippen LogP contribution is -2.21. The summed E-state index contributed by atoms with van der Waals surface area (Å²) >= 11 is 0. The SMILES string of the molecule is NCc1c[nH]n(Cc2ccccc2F)c1=O. The molecule has 1 aromatic heterocycles. The molecule has 1 heterocycles. The number of aromatic nitrogens is 2. The number of nitrogens with zero attached hydrogens (tertiary/aromatic N) is 1. The third-order valence-electron chi connectivity index (χ3n) is 2.42. The summed E-state index contributed by atoms with van der Waals surface area (Å²) in [7, 11) is 0. The molecule has 0 fully saturated rings. The summed E-state index contributed by atoms with van der Waals surface area (Å²) in [5, 5.41) is 2.76. The van der Waals surface area contributed by atoms with E-state index in [0.29, 0.717) is 11.1 Å². The van der Waals surface area contributed by atoms with Crippen LogP contribution in [-0.4, -0.2) is 9.78 Å². The van der Waals surface area contributed by atoms with Gasteiger partial charge in [0.1, 0.15) is 5.82 Å². The largest absolute Gasteiger partial charge is 0.326 e. The molecule has 3 N–H and O–H groups in total. The van der Waals surface area contributed by atoms with Crippen molar-refractivity contribution in [1.29, 1.82) is 0 Å². The molecule has 2 aromatic rings. The fourth-order valence-electron chi connectivity index (χ4n) is 1.51. The lowest BCUT2D eigenvalue weighted by Gasteiger charge is -2.02. The molecule has 1 aromatic carbocycles. The summed E-state index contributed by atoms with van der Waals surface area (Å²) < 4.78 is 14.7. The molecule has 0 bridgehead atoms. The Bertz CT molecular complexity index is 544. The Morgan fingerprint density at radius 3 is 2.69 bits per heavy atom. The third-order valence-corrected chi connectivity index (χ3v) is 2.42. The van der Waals surface area contributed by atoms with E-state index in [1.165, 1.54) is 10.7 Å². The molecule has 0 spiro atoms. The van der Waals surface area contributed by atoms with E-state index in [4.69, 9.17) is 5.73 Å². The Morgan fingerprint density at radius 2 is 2.06 bits per heavy atom. The minimum absolute atomic E-state index is 0.180. The minimum atomic E-state index is -0.321. The highest BCUT2D eigenvalue weighted by molar-refractivity contribution is 5.18. The second-order valence-electron chi connectivity index (χ2n) is 3.49. The number of hydrogen-bond acceptors (Lipinski definition) is 2. The molecular weight excluding hydrogens is 209 g/mol. The van der Waals surface area contributed by atoms with Crippen LogP contribution in [0.2, 0.25) is 0 Å². The zero-order chi connectivity index (χ0) is 11.5. The van der Waals surface area contributed by atoms with Crippen LogP contribution in [0.4, 0.5) is 4.39 Å². The van der Waals surface area contributed by atoms with Gasteiger partial charge >= 0.3 is 0 Å². The van der Waals surface area contributed by atoms with Crippen LogP contribution < -0.4 is 11.3 Å². The smallest absolute Gasteiger partial charge is 0.271 e. The average Bonchev–Trinajstić information content (AvgIpc) is 2.63. The monoisotopic (exact) mass is 221 g/mol. The maximum absolute atomic E-state index is 13.3. The number of nitrogens with one attached hydrogen (secondary N) is 1. The second kappa shape index (κ2) is 4.32. The van der Waals surface area contributed by atoms with Crippen molar-refractivity contribution in [3.8, 4) is 0 Å². The Kier molecular flexibility index (Phi) is 2.87. The molecule has 0 atom stereocenters. The molecule has 84 valence electrons. The van der Waals surface area contributed by atoms with Crippen LogP contribution in [0.5, 0.6) is 0 Å². The van der Waals surface area contributed by atoms with Gasteiger partial charge in [-0.25, -0.2) is 9.07 Å². The number of nitrogens with two attached hydrogens (primary N) is 1. The fraction of sp³-hybridized carbons (Fsp3) is 0.182. The zero-order valence-corrected chi connectivity index (χ0v) is 8.61. The van der Waals surface area contributed by atoms with Gasteiger partial charge in [0.15, 0.2) is 0 Å². The summed E-state index contributed by atoms with van der Waals surface area (Å²) in [6.45, 7) is 0.366. The molecule has 0 aliphatic carbocycles. The molecule has 0 aliphatic heterocycles. The van der Waals surface area contributed by atoms with Crippen molar-refractivity contribution in [2.45, 2.75) is 13.1 Å². The maximum Gasteiger partial charge on any atom is 0.271 e. The first-order valence-corrected chi connectivity index (χ1v) is 4.93. The van der Waals surface area contributed by atoms with E-state index in [0.717, 1.165) is 0 Å². The number of halogens is 1. The van der Waals surface area contributed by atoms with Crippen LogP contribution in [0.1, 0.15) is 11.1 Å². The lowest BCUT2D eigenvalue weighted by atomic mass is 10.2. The minimum Gasteiger partial charge on any atom is -0.326 e. The Balaban J connectivity index is 2.31. The van der Waals surface area contributed by atoms with Gasteiger partial charge in [0.25, 0.3) is 5.56 Å². The molecule has 5 heteroatoms. The predicted molar refractivity (Wildman–Crippen MR) is 58.4 cm³/mol. The van der Waals surface area contributed by atoms with Crippen LogP contribution in [0, 0.1) is 5.82 Å². The van der Waals surface area contributed by atoms with Crippen LogP contribution in [0.25, 0.3) is 0 Å². The number of benzene rings is 1. The second-order valence-corrected chi connectivity index (χ2v) is 3.49. The Morgan fingerprint density at radius 1 is 1.31 bits per heavy atom. The molecule has 0 saturated carbocycles. The van der Waals surface area contributed by atoms with Gasteiger partial charge in [-0.1, -0.05) is 18.2 Å². The summed E-state index contributed by atoms with van der Waals surface area (Å²) in [5.74, 6) is -0.321. The van der Waals surface area contributed by atoms with Gasteiger partial charge in [-0.05, 0) is 6.07 Å². The average molecular weight is 221 g/mol. The molecule has 2 rings (SSSR count). The number of rotatable bonds is 3. The Hall–Kier alpha value is -1.88. The van der Waals surface area contributed by atoms with Gasteiger partial charge in [-0.15, -0.1) is 0 Å². The third kappa shape index (κ3) is 1.90. The van der Waals surface area contributed by atoms with E-state index in [2.05, 4.69) is 5.10 Å². The van der Waals surface area contributed by atoms with Crippen molar-refractivity contribution in [3.63, 3.8) is 0 Å². The van der Waals surface area contributed by atoms with E-state index < -0.39 is 0 Å². The van der Waals surface area contributed by atoms with Gasteiger partial charge in [0, 0.05) is 23.9 Å². The van der Waals surface area contributed by atoms with Crippen molar-refractivity contribution < 1.29 is 4.39 Å². The van der Waals surface area contributed by atoms with Crippen LogP contribution in [-0.2, 0) is 13.1 Å². The van der Waals surface area contributed by atoms with Gasteiger partial charge in [0.05, 0.1) is 6.54 Å². The van der Waals surface area contributed by atoms with E-state index in [1.807, 2.05) is 0 Å². The standard InChI is InChI=1S/C11H12FN3O/c12-10-4-2-1-3-8(10)7-15-11(16)9(5-13)6-14-15/h1-4,6,14H,5,7,13H2. The van der Waals surface area contributed by atoms with Crippen molar-refractivity contribution in [2.24, 2.45) is 5.73 Å². The first-order chi connectivity index (χ1) is 7.72. The number of aromatic amines is 1. The summed E-state index contributed by atoms with van der Waals surface area (Å²) in [6.07, 6.45) is 1.54. The number of hydrogen-bond donors (Lipinski definition) is 2. The molecule has 0 unspecified atom stereocenters. The predicted octanol–water partition coefficient (Wildman–Crippen LogP) is 0.822. The normalized spacial score (nSPS) is 10.6. The molecule has 0 amide bonds. The molecule has 4 nitrogen and oxygen atoms in total. The molecule has 0 aliphatic rings. The van der Waals surface area contributed by atoms with Crippen molar-refractivity contribution in [1.82, 2.24) is 9.78 Å². The highest BCUT2D eigenvalue weighted by atomic mass is 19.1. The Labute approximate surface area is 91.5 Å². The van der Waals surface area contributed by atoms with Gasteiger partial charge in [0.2, 0.25) is 0 Å². The topological polar surface area (TPSA) is 63.8 Å². The lowest BCUT2D eigenvalue weighted by molar-refractivity contribution is 0.579. The van der Waals surface area contributed by atoms with Crippen LogP contribution >= 0.6 is 0 Å². The molecule has 0 saturated heterocycles. The fourth-order valence-corrected chi connectivity index (χ4v) is 1.51. The molecule has 16 heavy (non-hydrogen) atoms. The van der Waals surface area contributed by atoms with E-state index in [-0.39, 0.29) is 24.5 Å². The van der Waals surface area contributed by atoms with Crippen molar-refractivity contribution in [2.75, 3.05) is 0 Å². The van der Waals surface area contributed by atoms with E-state index in [1.54, 1.807) is 24.4 Å². The van der Waals surface area contributed by atoms with Crippen LogP contribution in [0.15, 0.2) is 35.3 Å². The molecular formula is C11H12FN3O. The van der Waals surface area contributed by atoms with Crippen molar-refractivity contribution in [3.05, 3.63) is 57.8 Å². The summed E-state index contributed by atoms with van der Waals surface area (Å²) in [5.41, 5.74) is 6.14. The van der Waals surface area contributed by atoms with Gasteiger partial charge < -0.3 is 10.8 Å². The first kappa shape index (κ1) is 10.6. The number of H-pyrrole nitrogens is 1. The first-order valence-electron chi connectivity index (χ1n) is 4.93. The van der Waals surface area contributed by atoms with E-state index >= 15 is 0 Å².